The smallest absolute Gasteiger partial charge is 0.265 e. The van der Waals surface area contributed by atoms with Crippen molar-refractivity contribution in [2.75, 3.05) is 5.32 Å². The monoisotopic (exact) mass is 273 g/mol. The van der Waals surface area contributed by atoms with Gasteiger partial charge in [-0.25, -0.2) is 4.39 Å². The van der Waals surface area contributed by atoms with E-state index in [0.29, 0.717) is 12.2 Å². The predicted octanol–water partition coefficient (Wildman–Crippen LogP) is 3.62. The average Bonchev–Trinajstić information content (AvgIpc) is 2.47. The van der Waals surface area contributed by atoms with Gasteiger partial charge in [0, 0.05) is 5.69 Å². The van der Waals surface area contributed by atoms with E-state index in [9.17, 15) is 9.18 Å². The fraction of sp³-hybridized carbons (Fsp3) is 0.188. The highest BCUT2D eigenvalue weighted by Crippen LogP contribution is 2.15. The minimum Gasteiger partial charge on any atom is -0.481 e. The maximum atomic E-state index is 12.8. The van der Waals surface area contributed by atoms with Crippen LogP contribution in [0.25, 0.3) is 0 Å². The van der Waals surface area contributed by atoms with Crippen molar-refractivity contribution < 1.29 is 13.9 Å². The largest absolute Gasteiger partial charge is 0.481 e. The van der Waals surface area contributed by atoms with E-state index in [4.69, 9.17) is 4.74 Å². The van der Waals surface area contributed by atoms with Gasteiger partial charge in [-0.2, -0.15) is 0 Å². The quantitative estimate of drug-likeness (QED) is 0.903. The zero-order valence-electron chi connectivity index (χ0n) is 11.2. The number of hydrogen-bond acceptors (Lipinski definition) is 2. The predicted molar refractivity (Wildman–Crippen MR) is 76.2 cm³/mol. The molecule has 20 heavy (non-hydrogen) atoms. The third-order valence-electron chi connectivity index (χ3n) is 2.80. The molecule has 0 saturated carbocycles. The van der Waals surface area contributed by atoms with Gasteiger partial charge in [0.15, 0.2) is 6.10 Å². The van der Waals surface area contributed by atoms with Gasteiger partial charge in [0.05, 0.1) is 0 Å². The Hall–Kier alpha value is -2.36. The normalized spacial score (nSPS) is 11.7. The van der Waals surface area contributed by atoms with E-state index in [1.807, 2.05) is 37.3 Å². The summed E-state index contributed by atoms with van der Waals surface area (Å²) < 4.78 is 18.4. The van der Waals surface area contributed by atoms with E-state index in [2.05, 4.69) is 5.32 Å². The molecule has 0 unspecified atom stereocenters. The SMILES string of the molecule is CC[C@H](Oc1ccc(F)cc1)C(=O)Nc1ccccc1. The zero-order chi connectivity index (χ0) is 14.4. The van der Waals surface area contributed by atoms with Gasteiger partial charge in [0.25, 0.3) is 5.91 Å². The van der Waals surface area contributed by atoms with Crippen LogP contribution in [-0.2, 0) is 4.79 Å². The number of hydrogen-bond donors (Lipinski definition) is 1. The summed E-state index contributed by atoms with van der Waals surface area (Å²) in [5.41, 5.74) is 0.721. The van der Waals surface area contributed by atoms with Crippen LogP contribution in [0.4, 0.5) is 10.1 Å². The summed E-state index contributed by atoms with van der Waals surface area (Å²) in [5, 5.41) is 2.79. The second kappa shape index (κ2) is 6.70. The van der Waals surface area contributed by atoms with Crippen LogP contribution < -0.4 is 10.1 Å². The molecule has 0 bridgehead atoms. The van der Waals surface area contributed by atoms with Crippen LogP contribution in [0.5, 0.6) is 5.75 Å². The number of carbonyl (C=O) groups excluding carboxylic acids is 1. The lowest BCUT2D eigenvalue weighted by Gasteiger charge is -2.17. The summed E-state index contributed by atoms with van der Waals surface area (Å²) >= 11 is 0. The maximum Gasteiger partial charge on any atom is 0.265 e. The highest BCUT2D eigenvalue weighted by atomic mass is 19.1. The van der Waals surface area contributed by atoms with Gasteiger partial charge in [0.1, 0.15) is 11.6 Å². The number of halogens is 1. The molecule has 1 amide bonds. The van der Waals surface area contributed by atoms with Gasteiger partial charge in [-0.1, -0.05) is 25.1 Å². The van der Waals surface area contributed by atoms with Crippen molar-refractivity contribution in [3.05, 3.63) is 60.4 Å². The topological polar surface area (TPSA) is 38.3 Å². The lowest BCUT2D eigenvalue weighted by atomic mass is 10.2. The second-order valence-corrected chi connectivity index (χ2v) is 4.32. The highest BCUT2D eigenvalue weighted by molar-refractivity contribution is 5.94. The summed E-state index contributed by atoms with van der Waals surface area (Å²) in [6, 6.07) is 14.8. The first-order valence-corrected chi connectivity index (χ1v) is 6.47. The molecule has 2 rings (SSSR count). The molecular formula is C16H16FNO2. The average molecular weight is 273 g/mol. The minimum atomic E-state index is -0.610. The van der Waals surface area contributed by atoms with Gasteiger partial charge in [-0.3, -0.25) is 4.79 Å². The van der Waals surface area contributed by atoms with Crippen LogP contribution in [0.1, 0.15) is 13.3 Å². The third kappa shape index (κ3) is 3.82. The standard InChI is InChI=1S/C16H16FNO2/c1-2-15(20-14-10-8-12(17)9-11-14)16(19)18-13-6-4-3-5-7-13/h3-11,15H,2H2,1H3,(H,18,19)/t15-/m0/s1. The minimum absolute atomic E-state index is 0.219. The van der Waals surface area contributed by atoms with Crippen molar-refractivity contribution in [1.82, 2.24) is 0 Å². The van der Waals surface area contributed by atoms with Crippen molar-refractivity contribution in [2.24, 2.45) is 0 Å². The lowest BCUT2D eigenvalue weighted by Crippen LogP contribution is -2.32. The molecule has 0 aliphatic carbocycles. The van der Waals surface area contributed by atoms with Crippen molar-refractivity contribution in [1.29, 1.82) is 0 Å². The van der Waals surface area contributed by atoms with E-state index in [-0.39, 0.29) is 11.7 Å². The molecule has 1 atom stereocenters. The van der Waals surface area contributed by atoms with E-state index in [1.54, 1.807) is 0 Å². The maximum absolute atomic E-state index is 12.8. The fourth-order valence-corrected chi connectivity index (χ4v) is 1.74. The van der Waals surface area contributed by atoms with E-state index in [0.717, 1.165) is 5.69 Å². The molecule has 0 saturated heterocycles. The molecule has 0 aliphatic heterocycles. The van der Waals surface area contributed by atoms with Gasteiger partial charge in [-0.15, -0.1) is 0 Å². The van der Waals surface area contributed by atoms with Gasteiger partial charge in [-0.05, 0) is 42.8 Å². The first-order valence-electron chi connectivity index (χ1n) is 6.47. The number of anilines is 1. The number of rotatable bonds is 5. The summed E-state index contributed by atoms with van der Waals surface area (Å²) in [7, 11) is 0. The third-order valence-corrected chi connectivity index (χ3v) is 2.80. The van der Waals surface area contributed by atoms with Crippen LogP contribution in [0.2, 0.25) is 0 Å². The molecule has 1 N–H and O–H groups in total. The number of benzene rings is 2. The van der Waals surface area contributed by atoms with Crippen LogP contribution >= 0.6 is 0 Å². The summed E-state index contributed by atoms with van der Waals surface area (Å²) in [6.45, 7) is 1.86. The molecule has 4 heteroatoms. The molecule has 0 heterocycles. The number of ether oxygens (including phenoxy) is 1. The molecule has 0 fully saturated rings. The Morgan fingerprint density at radius 3 is 2.40 bits per heavy atom. The molecule has 3 nitrogen and oxygen atoms in total. The Kier molecular flexibility index (Phi) is 4.71. The molecule has 0 spiro atoms. The van der Waals surface area contributed by atoms with Gasteiger partial charge in [0.2, 0.25) is 0 Å². The molecular weight excluding hydrogens is 257 g/mol. The van der Waals surface area contributed by atoms with Crippen LogP contribution in [-0.4, -0.2) is 12.0 Å². The molecule has 0 aromatic heterocycles. The van der Waals surface area contributed by atoms with Crippen LogP contribution in [0, 0.1) is 5.82 Å². The number of carbonyl (C=O) groups is 1. The first-order chi connectivity index (χ1) is 9.69. The zero-order valence-corrected chi connectivity index (χ0v) is 11.2. The van der Waals surface area contributed by atoms with Gasteiger partial charge >= 0.3 is 0 Å². The summed E-state index contributed by atoms with van der Waals surface area (Å²) in [5.74, 6) is -0.0800. The molecule has 2 aromatic rings. The van der Waals surface area contributed by atoms with Crippen LogP contribution in [0.15, 0.2) is 54.6 Å². The van der Waals surface area contributed by atoms with Gasteiger partial charge < -0.3 is 10.1 Å². The van der Waals surface area contributed by atoms with Crippen molar-refractivity contribution in [2.45, 2.75) is 19.4 Å². The summed E-state index contributed by atoms with van der Waals surface area (Å²) in [4.78, 5) is 12.1. The molecule has 0 aliphatic rings. The Morgan fingerprint density at radius 1 is 1.15 bits per heavy atom. The van der Waals surface area contributed by atoms with E-state index < -0.39 is 6.10 Å². The van der Waals surface area contributed by atoms with Crippen molar-refractivity contribution in [3.8, 4) is 5.75 Å². The molecule has 2 aromatic carbocycles. The van der Waals surface area contributed by atoms with Crippen molar-refractivity contribution in [3.63, 3.8) is 0 Å². The van der Waals surface area contributed by atoms with E-state index >= 15 is 0 Å². The lowest BCUT2D eigenvalue weighted by molar-refractivity contribution is -0.122. The molecule has 0 radical (unpaired) electrons. The Labute approximate surface area is 117 Å². The van der Waals surface area contributed by atoms with E-state index in [1.165, 1.54) is 24.3 Å². The number of para-hydroxylation sites is 1. The number of amides is 1. The second-order valence-electron chi connectivity index (χ2n) is 4.32. The Bertz CT molecular complexity index is 554. The summed E-state index contributed by atoms with van der Waals surface area (Å²) in [6.07, 6.45) is -0.0866. The Morgan fingerprint density at radius 2 is 1.80 bits per heavy atom. The van der Waals surface area contributed by atoms with Crippen LogP contribution in [0.3, 0.4) is 0 Å². The number of nitrogens with one attached hydrogen (secondary N) is 1. The first kappa shape index (κ1) is 14.1. The van der Waals surface area contributed by atoms with Crippen molar-refractivity contribution >= 4 is 11.6 Å². The molecule has 104 valence electrons. The highest BCUT2D eigenvalue weighted by Gasteiger charge is 2.18. The fourth-order valence-electron chi connectivity index (χ4n) is 1.74. The Balaban J connectivity index is 2.00.